The van der Waals surface area contributed by atoms with Gasteiger partial charge in [0, 0.05) is 31.4 Å². The molecular weight excluding hydrogens is 220 g/mol. The third-order valence-electron chi connectivity index (χ3n) is 2.98. The number of hydrogen-bond acceptors (Lipinski definition) is 3. The standard InChI is InChI=1S/C12H16N2O3/c1-9-8-17-6-5-14(9)12(16)10-3-4-13(2)11(15)7-10/h3-4,7,9H,5-6,8H2,1-2H3/t9-/m1/s1. The number of carbonyl (C=O) groups excluding carboxylic acids is 1. The molecule has 0 aliphatic carbocycles. The fourth-order valence-corrected chi connectivity index (χ4v) is 1.88. The third-order valence-corrected chi connectivity index (χ3v) is 2.98. The van der Waals surface area contributed by atoms with Crippen molar-refractivity contribution in [1.29, 1.82) is 0 Å². The minimum atomic E-state index is -0.170. The number of morpholine rings is 1. The highest BCUT2D eigenvalue weighted by Crippen LogP contribution is 2.10. The molecule has 0 saturated carbocycles. The lowest BCUT2D eigenvalue weighted by molar-refractivity contribution is 0.00358. The second-order valence-electron chi connectivity index (χ2n) is 4.29. The van der Waals surface area contributed by atoms with Crippen LogP contribution in [-0.2, 0) is 11.8 Å². The zero-order valence-electron chi connectivity index (χ0n) is 10.0. The molecule has 1 saturated heterocycles. The third kappa shape index (κ3) is 2.39. The molecule has 1 aliphatic rings. The highest BCUT2D eigenvalue weighted by molar-refractivity contribution is 5.94. The average molecular weight is 236 g/mol. The van der Waals surface area contributed by atoms with Crippen LogP contribution in [-0.4, -0.2) is 41.2 Å². The lowest BCUT2D eigenvalue weighted by Crippen LogP contribution is -2.47. The molecule has 0 N–H and O–H groups in total. The molecule has 2 rings (SSSR count). The minimum absolute atomic E-state index is 0.0558. The van der Waals surface area contributed by atoms with E-state index in [1.54, 1.807) is 24.2 Å². The summed E-state index contributed by atoms with van der Waals surface area (Å²) in [5.74, 6) is -0.0986. The van der Waals surface area contributed by atoms with Crippen LogP contribution in [0.15, 0.2) is 23.1 Å². The molecule has 1 atom stereocenters. The molecule has 5 nitrogen and oxygen atoms in total. The normalized spacial score (nSPS) is 20.4. The van der Waals surface area contributed by atoms with Crippen LogP contribution < -0.4 is 5.56 Å². The van der Waals surface area contributed by atoms with Gasteiger partial charge < -0.3 is 14.2 Å². The molecule has 2 heterocycles. The Labute approximate surface area is 99.6 Å². The maximum atomic E-state index is 12.2. The van der Waals surface area contributed by atoms with Gasteiger partial charge in [-0.25, -0.2) is 0 Å². The summed E-state index contributed by atoms with van der Waals surface area (Å²) in [6.45, 7) is 3.63. The zero-order chi connectivity index (χ0) is 12.4. The molecule has 17 heavy (non-hydrogen) atoms. The summed E-state index contributed by atoms with van der Waals surface area (Å²) in [5, 5.41) is 0. The first kappa shape index (κ1) is 11.9. The van der Waals surface area contributed by atoms with Crippen molar-refractivity contribution in [1.82, 2.24) is 9.47 Å². The Kier molecular flexibility index (Phi) is 3.28. The van der Waals surface area contributed by atoms with Crippen molar-refractivity contribution in [3.05, 3.63) is 34.2 Å². The van der Waals surface area contributed by atoms with E-state index in [-0.39, 0.29) is 17.5 Å². The van der Waals surface area contributed by atoms with Crippen LogP contribution in [0.4, 0.5) is 0 Å². The Balaban J connectivity index is 2.24. The molecule has 0 bridgehead atoms. The lowest BCUT2D eigenvalue weighted by Gasteiger charge is -2.33. The lowest BCUT2D eigenvalue weighted by atomic mass is 10.2. The highest BCUT2D eigenvalue weighted by Gasteiger charge is 2.24. The Hall–Kier alpha value is -1.62. The van der Waals surface area contributed by atoms with Crippen LogP contribution in [0.3, 0.4) is 0 Å². The molecule has 5 heteroatoms. The summed E-state index contributed by atoms with van der Waals surface area (Å²) in [6, 6.07) is 3.11. The summed E-state index contributed by atoms with van der Waals surface area (Å²) in [4.78, 5) is 25.4. The predicted molar refractivity (Wildman–Crippen MR) is 63.0 cm³/mol. The van der Waals surface area contributed by atoms with Crippen molar-refractivity contribution in [3.8, 4) is 0 Å². The molecule has 0 aromatic carbocycles. The number of nitrogens with zero attached hydrogens (tertiary/aromatic N) is 2. The number of amides is 1. The van der Waals surface area contributed by atoms with Crippen LogP contribution in [0.5, 0.6) is 0 Å². The van der Waals surface area contributed by atoms with E-state index in [4.69, 9.17) is 4.74 Å². The number of carbonyl (C=O) groups is 1. The van der Waals surface area contributed by atoms with Gasteiger partial charge in [-0.2, -0.15) is 0 Å². The monoisotopic (exact) mass is 236 g/mol. The van der Waals surface area contributed by atoms with Crippen molar-refractivity contribution in [2.45, 2.75) is 13.0 Å². The van der Waals surface area contributed by atoms with Crippen LogP contribution in [0.25, 0.3) is 0 Å². The number of aryl methyl sites for hydroxylation is 1. The average Bonchev–Trinajstić information content (AvgIpc) is 2.32. The molecule has 92 valence electrons. The fraction of sp³-hybridized carbons (Fsp3) is 0.500. The number of aromatic nitrogens is 1. The quantitative estimate of drug-likeness (QED) is 0.702. The van der Waals surface area contributed by atoms with E-state index in [1.165, 1.54) is 10.6 Å². The van der Waals surface area contributed by atoms with E-state index in [2.05, 4.69) is 0 Å². The van der Waals surface area contributed by atoms with Crippen LogP contribution >= 0.6 is 0 Å². The van der Waals surface area contributed by atoms with Gasteiger partial charge in [-0.1, -0.05) is 0 Å². The van der Waals surface area contributed by atoms with Gasteiger partial charge in [0.2, 0.25) is 0 Å². The Morgan fingerprint density at radius 3 is 2.94 bits per heavy atom. The van der Waals surface area contributed by atoms with Gasteiger partial charge in [-0.05, 0) is 13.0 Å². The summed E-state index contributed by atoms with van der Waals surface area (Å²) in [7, 11) is 1.66. The molecule has 1 aromatic rings. The molecule has 0 spiro atoms. The van der Waals surface area contributed by atoms with E-state index >= 15 is 0 Å². The second-order valence-corrected chi connectivity index (χ2v) is 4.29. The van der Waals surface area contributed by atoms with E-state index in [0.717, 1.165) is 0 Å². The van der Waals surface area contributed by atoms with Crippen LogP contribution in [0.2, 0.25) is 0 Å². The van der Waals surface area contributed by atoms with Crippen LogP contribution in [0.1, 0.15) is 17.3 Å². The first-order valence-corrected chi connectivity index (χ1v) is 5.65. The topological polar surface area (TPSA) is 51.5 Å². The molecular formula is C12H16N2O3. The number of ether oxygens (including phenoxy) is 1. The van der Waals surface area contributed by atoms with Gasteiger partial charge in [-0.15, -0.1) is 0 Å². The predicted octanol–water partition coefficient (Wildman–Crippen LogP) is 0.246. The van der Waals surface area contributed by atoms with Gasteiger partial charge in [0.1, 0.15) is 0 Å². The van der Waals surface area contributed by atoms with E-state index in [9.17, 15) is 9.59 Å². The Morgan fingerprint density at radius 2 is 2.29 bits per heavy atom. The smallest absolute Gasteiger partial charge is 0.254 e. The van der Waals surface area contributed by atoms with Gasteiger partial charge in [0.15, 0.2) is 0 Å². The van der Waals surface area contributed by atoms with Crippen molar-refractivity contribution in [2.24, 2.45) is 7.05 Å². The van der Waals surface area contributed by atoms with Gasteiger partial charge in [0.25, 0.3) is 11.5 Å². The van der Waals surface area contributed by atoms with Gasteiger partial charge in [-0.3, -0.25) is 9.59 Å². The molecule has 1 aliphatic heterocycles. The van der Waals surface area contributed by atoms with Crippen molar-refractivity contribution < 1.29 is 9.53 Å². The van der Waals surface area contributed by atoms with E-state index in [0.29, 0.717) is 25.3 Å². The molecule has 0 unspecified atom stereocenters. The second kappa shape index (κ2) is 4.71. The number of pyridine rings is 1. The van der Waals surface area contributed by atoms with Crippen molar-refractivity contribution in [3.63, 3.8) is 0 Å². The SMILES string of the molecule is C[C@@H]1COCCN1C(=O)c1ccn(C)c(=O)c1. The molecule has 1 aromatic heterocycles. The highest BCUT2D eigenvalue weighted by atomic mass is 16.5. The van der Waals surface area contributed by atoms with Crippen molar-refractivity contribution >= 4 is 5.91 Å². The summed E-state index contributed by atoms with van der Waals surface area (Å²) in [6.07, 6.45) is 1.61. The largest absolute Gasteiger partial charge is 0.377 e. The maximum absolute atomic E-state index is 12.2. The van der Waals surface area contributed by atoms with Crippen LogP contribution in [0, 0.1) is 0 Å². The first-order chi connectivity index (χ1) is 8.09. The Morgan fingerprint density at radius 1 is 1.53 bits per heavy atom. The maximum Gasteiger partial charge on any atom is 0.254 e. The minimum Gasteiger partial charge on any atom is -0.377 e. The van der Waals surface area contributed by atoms with E-state index in [1.807, 2.05) is 6.92 Å². The molecule has 0 radical (unpaired) electrons. The summed E-state index contributed by atoms with van der Waals surface area (Å²) in [5.41, 5.74) is 0.276. The summed E-state index contributed by atoms with van der Waals surface area (Å²) < 4.78 is 6.73. The summed E-state index contributed by atoms with van der Waals surface area (Å²) >= 11 is 0. The fourth-order valence-electron chi connectivity index (χ4n) is 1.88. The Bertz CT molecular complexity index is 481. The zero-order valence-corrected chi connectivity index (χ0v) is 10.0. The van der Waals surface area contributed by atoms with Gasteiger partial charge in [0.05, 0.1) is 19.3 Å². The van der Waals surface area contributed by atoms with Gasteiger partial charge >= 0.3 is 0 Å². The first-order valence-electron chi connectivity index (χ1n) is 5.65. The molecule has 1 amide bonds. The van der Waals surface area contributed by atoms with E-state index < -0.39 is 0 Å². The molecule has 1 fully saturated rings. The number of rotatable bonds is 1. The number of hydrogen-bond donors (Lipinski definition) is 0. The van der Waals surface area contributed by atoms with Crippen molar-refractivity contribution in [2.75, 3.05) is 19.8 Å².